The maximum absolute atomic E-state index is 12.5. The maximum atomic E-state index is 12.5. The van der Waals surface area contributed by atoms with E-state index in [4.69, 9.17) is 18.6 Å². The van der Waals surface area contributed by atoms with Crippen LogP contribution in [0.1, 0.15) is 39.7 Å². The maximum Gasteiger partial charge on any atom is 0.316 e. The van der Waals surface area contributed by atoms with E-state index >= 15 is 0 Å². The summed E-state index contributed by atoms with van der Waals surface area (Å²) in [6.07, 6.45) is -1.52. The van der Waals surface area contributed by atoms with E-state index in [1.165, 1.54) is 14.0 Å². The molecule has 2 rings (SSSR count). The fraction of sp³-hybridized carbons (Fsp3) is 0.625. The summed E-state index contributed by atoms with van der Waals surface area (Å²) < 4.78 is 23.1. The van der Waals surface area contributed by atoms with Gasteiger partial charge in [-0.15, -0.1) is 0 Å². The minimum absolute atomic E-state index is 0.0284. The lowest BCUT2D eigenvalue weighted by molar-refractivity contribution is -0.190. The topological polar surface area (TPSA) is 88.1 Å². The van der Waals surface area contributed by atoms with Crippen molar-refractivity contribution in [2.45, 2.75) is 71.1 Å². The molecule has 7 nitrogen and oxygen atoms in total. The van der Waals surface area contributed by atoms with Gasteiger partial charge < -0.3 is 18.6 Å². The first-order valence-electron chi connectivity index (χ1n) is 10.9. The van der Waals surface area contributed by atoms with Gasteiger partial charge in [-0.2, -0.15) is 0 Å². The van der Waals surface area contributed by atoms with Crippen LogP contribution in [-0.2, 0) is 39.6 Å². The van der Waals surface area contributed by atoms with Crippen LogP contribution in [-0.4, -0.2) is 52.0 Å². The first-order valence-corrected chi connectivity index (χ1v) is 13.9. The summed E-state index contributed by atoms with van der Waals surface area (Å²) in [4.78, 5) is 37.3. The second-order valence-corrected chi connectivity index (χ2v) is 14.6. The molecule has 0 radical (unpaired) electrons. The van der Waals surface area contributed by atoms with Crippen molar-refractivity contribution < 1.29 is 33.0 Å². The molecule has 8 heteroatoms. The third-order valence-electron chi connectivity index (χ3n) is 6.49. The van der Waals surface area contributed by atoms with Crippen molar-refractivity contribution in [2.24, 2.45) is 11.8 Å². The van der Waals surface area contributed by atoms with Gasteiger partial charge >= 0.3 is 11.9 Å². The number of cyclic esters (lactones) is 1. The number of ketones is 1. The van der Waals surface area contributed by atoms with Gasteiger partial charge in [-0.25, -0.2) is 0 Å². The Labute approximate surface area is 191 Å². The van der Waals surface area contributed by atoms with Gasteiger partial charge in [-0.3, -0.25) is 14.4 Å². The molecule has 0 spiro atoms. The van der Waals surface area contributed by atoms with E-state index in [1.807, 2.05) is 30.3 Å². The number of benzene rings is 1. The summed E-state index contributed by atoms with van der Waals surface area (Å²) in [5.41, 5.74) is 0.935. The van der Waals surface area contributed by atoms with Gasteiger partial charge in [0.05, 0.1) is 26.7 Å². The largest absolute Gasteiger partial charge is 0.468 e. The molecule has 178 valence electrons. The first kappa shape index (κ1) is 26.2. The predicted octanol–water partition coefficient (Wildman–Crippen LogP) is 3.90. The van der Waals surface area contributed by atoms with Crippen LogP contribution in [0.25, 0.3) is 0 Å². The Morgan fingerprint density at radius 1 is 1.19 bits per heavy atom. The Hall–Kier alpha value is -2.03. The Morgan fingerprint density at radius 3 is 2.34 bits per heavy atom. The van der Waals surface area contributed by atoms with Crippen LogP contribution in [0.2, 0.25) is 18.1 Å². The molecule has 0 bridgehead atoms. The lowest BCUT2D eigenvalue weighted by Gasteiger charge is -2.42. The SMILES string of the molecule is COC(=O)C(C(C)=O)[C@@H]1CC(=O)O[C@@H](CO[Si](C)(C)C(C)(C)C)[C@H]1OCc1ccccc1. The molecule has 0 amide bonds. The van der Waals surface area contributed by atoms with Crippen molar-refractivity contribution in [3.8, 4) is 0 Å². The number of Topliss-reactive ketones (excluding diaryl/α,β-unsaturated/α-hetero) is 1. The molecule has 1 unspecified atom stereocenters. The van der Waals surface area contributed by atoms with E-state index in [9.17, 15) is 14.4 Å². The van der Waals surface area contributed by atoms with Crippen LogP contribution in [0.5, 0.6) is 0 Å². The molecule has 1 aliphatic heterocycles. The van der Waals surface area contributed by atoms with Crippen molar-refractivity contribution in [2.75, 3.05) is 13.7 Å². The number of hydrogen-bond acceptors (Lipinski definition) is 7. The van der Waals surface area contributed by atoms with Crippen molar-refractivity contribution in [3.63, 3.8) is 0 Å². The van der Waals surface area contributed by atoms with Gasteiger partial charge in [0.2, 0.25) is 0 Å². The van der Waals surface area contributed by atoms with E-state index in [2.05, 4.69) is 33.9 Å². The summed E-state index contributed by atoms with van der Waals surface area (Å²) >= 11 is 0. The monoisotopic (exact) mass is 464 g/mol. The number of carbonyl (C=O) groups is 3. The highest BCUT2D eigenvalue weighted by molar-refractivity contribution is 6.74. The first-order chi connectivity index (χ1) is 14.9. The van der Waals surface area contributed by atoms with Gasteiger partial charge in [0.1, 0.15) is 17.8 Å². The van der Waals surface area contributed by atoms with Crippen molar-refractivity contribution in [1.29, 1.82) is 0 Å². The average Bonchev–Trinajstić information content (AvgIpc) is 2.71. The third kappa shape index (κ3) is 6.49. The molecule has 0 N–H and O–H groups in total. The van der Waals surface area contributed by atoms with E-state index in [-0.39, 0.29) is 30.5 Å². The Bertz CT molecular complexity index is 800. The van der Waals surface area contributed by atoms with Crippen molar-refractivity contribution in [1.82, 2.24) is 0 Å². The van der Waals surface area contributed by atoms with Gasteiger partial charge in [0.15, 0.2) is 14.4 Å². The smallest absolute Gasteiger partial charge is 0.316 e. The highest BCUT2D eigenvalue weighted by Crippen LogP contribution is 2.38. The number of esters is 2. The lowest BCUT2D eigenvalue weighted by Crippen LogP contribution is -2.54. The fourth-order valence-corrected chi connectivity index (χ4v) is 4.59. The van der Waals surface area contributed by atoms with Crippen LogP contribution in [0.4, 0.5) is 0 Å². The standard InChI is InChI=1S/C24H36O7Si/c1-16(25)21(23(27)28-5)18-13-20(26)31-19(15-30-32(6,7)24(2,3)4)22(18)29-14-17-11-9-8-10-12-17/h8-12,18-19,21-22H,13-15H2,1-7H3/t18-,19-,21?,22-/m0/s1. The number of hydrogen-bond donors (Lipinski definition) is 0. The molecule has 32 heavy (non-hydrogen) atoms. The van der Waals surface area contributed by atoms with Crippen LogP contribution in [0.15, 0.2) is 30.3 Å². The highest BCUT2D eigenvalue weighted by atomic mass is 28.4. The fourth-order valence-electron chi connectivity index (χ4n) is 3.58. The minimum atomic E-state index is -2.13. The quantitative estimate of drug-likeness (QED) is 0.311. The second-order valence-electron chi connectivity index (χ2n) is 9.84. The minimum Gasteiger partial charge on any atom is -0.468 e. The molecule has 1 heterocycles. The van der Waals surface area contributed by atoms with Gasteiger partial charge in [-0.05, 0) is 30.6 Å². The Kier molecular flexibility index (Phi) is 8.79. The second kappa shape index (κ2) is 10.7. The van der Waals surface area contributed by atoms with Crippen LogP contribution in [0.3, 0.4) is 0 Å². The summed E-state index contributed by atoms with van der Waals surface area (Å²) in [7, 11) is -0.899. The zero-order valence-electron chi connectivity index (χ0n) is 20.2. The number of ether oxygens (including phenoxy) is 3. The summed E-state index contributed by atoms with van der Waals surface area (Å²) in [5.74, 6) is -3.32. The molecule has 1 saturated heterocycles. The summed E-state index contributed by atoms with van der Waals surface area (Å²) in [5, 5.41) is -0.0284. The predicted molar refractivity (Wildman–Crippen MR) is 122 cm³/mol. The van der Waals surface area contributed by atoms with Crippen molar-refractivity contribution in [3.05, 3.63) is 35.9 Å². The molecule has 1 aliphatic rings. The van der Waals surface area contributed by atoms with E-state index in [0.29, 0.717) is 0 Å². The molecule has 1 aromatic rings. The lowest BCUT2D eigenvalue weighted by atomic mass is 9.79. The zero-order valence-corrected chi connectivity index (χ0v) is 21.2. The summed E-state index contributed by atoms with van der Waals surface area (Å²) in [6, 6.07) is 9.57. The highest BCUT2D eigenvalue weighted by Gasteiger charge is 2.49. The third-order valence-corrected chi connectivity index (χ3v) is 11.0. The number of carbonyl (C=O) groups excluding carboxylic acids is 3. The van der Waals surface area contributed by atoms with Gasteiger partial charge in [0.25, 0.3) is 0 Å². The normalized spacial score (nSPS) is 22.7. The number of rotatable bonds is 9. The van der Waals surface area contributed by atoms with Crippen LogP contribution in [0, 0.1) is 11.8 Å². The van der Waals surface area contributed by atoms with E-state index in [1.54, 1.807) is 0 Å². The molecule has 0 saturated carbocycles. The van der Waals surface area contributed by atoms with Crippen molar-refractivity contribution >= 4 is 26.0 Å². The van der Waals surface area contributed by atoms with Gasteiger partial charge in [-0.1, -0.05) is 51.1 Å². The molecule has 0 aliphatic carbocycles. The van der Waals surface area contributed by atoms with Crippen LogP contribution < -0.4 is 0 Å². The molecular weight excluding hydrogens is 428 g/mol. The van der Waals surface area contributed by atoms with Gasteiger partial charge in [0, 0.05) is 5.92 Å². The zero-order chi connectivity index (χ0) is 24.1. The molecule has 4 atom stereocenters. The molecule has 1 aromatic carbocycles. The van der Waals surface area contributed by atoms with E-state index < -0.39 is 44.3 Å². The van der Waals surface area contributed by atoms with Crippen LogP contribution >= 0.6 is 0 Å². The Balaban J connectivity index is 2.33. The molecule has 1 fully saturated rings. The molecule has 0 aromatic heterocycles. The average molecular weight is 465 g/mol. The Morgan fingerprint density at radius 2 is 1.81 bits per heavy atom. The molecular formula is C24H36O7Si. The summed E-state index contributed by atoms with van der Waals surface area (Å²) in [6.45, 7) is 12.3. The number of methoxy groups -OCH3 is 1. The van der Waals surface area contributed by atoms with E-state index in [0.717, 1.165) is 5.56 Å².